The van der Waals surface area contributed by atoms with Crippen LogP contribution in [0.4, 0.5) is 17.6 Å². The Morgan fingerprint density at radius 1 is 0.850 bits per heavy atom. The third-order valence-electron chi connectivity index (χ3n) is 5.97. The molecule has 0 amide bonds. The Hall–Kier alpha value is -3.04. The molecule has 0 heterocycles. The van der Waals surface area contributed by atoms with Gasteiger partial charge in [-0.15, -0.1) is 0 Å². The normalized spacial score (nSPS) is 13.8. The first kappa shape index (κ1) is 31.5. The Balaban J connectivity index is 1.91. The van der Waals surface area contributed by atoms with Crippen LogP contribution >= 0.6 is 0 Å². The van der Waals surface area contributed by atoms with Crippen LogP contribution in [0.15, 0.2) is 67.2 Å². The Kier molecular flexibility index (Phi) is 9.62. The van der Waals surface area contributed by atoms with Gasteiger partial charge >= 0.3 is 30.7 Å². The van der Waals surface area contributed by atoms with Crippen molar-refractivity contribution in [2.75, 3.05) is 19.8 Å². The minimum Gasteiger partial charge on any atom is -0.396 e. The number of aliphatic hydroxyl groups is 1. The van der Waals surface area contributed by atoms with Crippen molar-refractivity contribution in [1.29, 1.82) is 0 Å². The fourth-order valence-corrected chi connectivity index (χ4v) is 5.44. The van der Waals surface area contributed by atoms with E-state index in [-0.39, 0.29) is 13.2 Å². The van der Waals surface area contributed by atoms with Crippen molar-refractivity contribution >= 4 is 37.1 Å². The maximum atomic E-state index is 14.0. The second kappa shape index (κ2) is 12.2. The SMILES string of the molecule is C=Cc1ccc2cc(C(COCCCCO)c3ccc(OS(=O)(=O)C(F)(F)C(F)(F)S(=O)(=O)O)cc3)ccc2c1. The monoisotopic (exact) mass is 606 g/mol. The number of benzene rings is 3. The van der Waals surface area contributed by atoms with E-state index in [2.05, 4.69) is 10.8 Å². The lowest BCUT2D eigenvalue weighted by molar-refractivity contribution is -0.105. The minimum atomic E-state index is -6.79. The summed E-state index contributed by atoms with van der Waals surface area (Å²) in [7, 11) is -13.4. The molecule has 3 aromatic rings. The number of unbranched alkanes of at least 4 members (excludes halogenated alkanes) is 1. The summed E-state index contributed by atoms with van der Waals surface area (Å²) in [5.41, 5.74) is 2.25. The van der Waals surface area contributed by atoms with E-state index in [0.29, 0.717) is 25.0 Å². The summed E-state index contributed by atoms with van der Waals surface area (Å²) in [6.07, 6.45) is 2.84. The van der Waals surface area contributed by atoms with Crippen LogP contribution in [0.1, 0.15) is 35.4 Å². The molecule has 0 bridgehead atoms. The number of hydrogen-bond donors (Lipinski definition) is 2. The molecule has 0 radical (unpaired) electrons. The quantitative estimate of drug-likeness (QED) is 0.111. The first-order valence-corrected chi connectivity index (χ1v) is 14.6. The highest BCUT2D eigenvalue weighted by molar-refractivity contribution is 7.91. The van der Waals surface area contributed by atoms with Gasteiger partial charge in [-0.25, -0.2) is 0 Å². The second-order valence-electron chi connectivity index (χ2n) is 8.74. The van der Waals surface area contributed by atoms with Crippen LogP contribution in [0, 0.1) is 0 Å². The molecule has 0 spiro atoms. The van der Waals surface area contributed by atoms with Gasteiger partial charge in [-0.2, -0.15) is 34.4 Å². The molecule has 0 fully saturated rings. The molecule has 0 aromatic heterocycles. The molecule has 3 aromatic carbocycles. The van der Waals surface area contributed by atoms with Gasteiger partial charge in [0.25, 0.3) is 0 Å². The number of hydrogen-bond acceptors (Lipinski definition) is 7. The summed E-state index contributed by atoms with van der Waals surface area (Å²) < 4.78 is 118. The van der Waals surface area contributed by atoms with Gasteiger partial charge in [0.2, 0.25) is 0 Å². The molecular formula is C26H26F4O8S2. The maximum Gasteiger partial charge on any atom is 0.460 e. The first-order chi connectivity index (χ1) is 18.6. The second-order valence-corrected chi connectivity index (χ2v) is 11.8. The topological polar surface area (TPSA) is 127 Å². The number of aliphatic hydroxyl groups excluding tert-OH is 1. The zero-order chi connectivity index (χ0) is 29.8. The predicted octanol–water partition coefficient (Wildman–Crippen LogP) is 5.19. The van der Waals surface area contributed by atoms with E-state index in [0.717, 1.165) is 34.0 Å². The van der Waals surface area contributed by atoms with E-state index >= 15 is 0 Å². The summed E-state index contributed by atoms with van der Waals surface area (Å²) in [5.74, 6) is -1.23. The van der Waals surface area contributed by atoms with Gasteiger partial charge in [0, 0.05) is 19.1 Å². The van der Waals surface area contributed by atoms with E-state index in [1.54, 1.807) is 6.08 Å². The van der Waals surface area contributed by atoms with Crippen molar-refractivity contribution in [3.8, 4) is 5.75 Å². The minimum absolute atomic E-state index is 0.00371. The zero-order valence-corrected chi connectivity index (χ0v) is 22.5. The van der Waals surface area contributed by atoms with E-state index in [9.17, 15) is 34.4 Å². The fraction of sp³-hybridized carbons (Fsp3) is 0.308. The summed E-state index contributed by atoms with van der Waals surface area (Å²) in [6.45, 7) is 4.24. The third kappa shape index (κ3) is 6.63. The average molecular weight is 607 g/mol. The van der Waals surface area contributed by atoms with E-state index in [4.69, 9.17) is 14.4 Å². The Labute approximate surface area is 228 Å². The van der Waals surface area contributed by atoms with Crippen LogP contribution in [-0.4, -0.2) is 56.8 Å². The predicted molar refractivity (Wildman–Crippen MR) is 140 cm³/mol. The summed E-state index contributed by atoms with van der Waals surface area (Å²) in [4.78, 5) is 0. The highest BCUT2D eigenvalue weighted by Gasteiger charge is 2.74. The van der Waals surface area contributed by atoms with Gasteiger partial charge in [0.1, 0.15) is 5.75 Å². The van der Waals surface area contributed by atoms with Crippen LogP contribution < -0.4 is 4.18 Å². The number of alkyl halides is 4. The van der Waals surface area contributed by atoms with E-state index in [1.807, 2.05) is 36.4 Å². The average Bonchev–Trinajstić information content (AvgIpc) is 2.89. The van der Waals surface area contributed by atoms with Crippen molar-refractivity contribution in [1.82, 2.24) is 0 Å². The lowest BCUT2D eigenvalue weighted by Gasteiger charge is -2.23. The van der Waals surface area contributed by atoms with Crippen LogP contribution in [-0.2, 0) is 25.0 Å². The van der Waals surface area contributed by atoms with Crippen LogP contribution in [0.2, 0.25) is 0 Å². The Bertz CT molecular complexity index is 1560. The van der Waals surface area contributed by atoms with Crippen LogP contribution in [0.5, 0.6) is 5.75 Å². The summed E-state index contributed by atoms with van der Waals surface area (Å²) in [6, 6.07) is 15.9. The Morgan fingerprint density at radius 3 is 2.05 bits per heavy atom. The molecule has 1 unspecified atom stereocenters. The molecular weight excluding hydrogens is 580 g/mol. The van der Waals surface area contributed by atoms with Gasteiger partial charge in [0.15, 0.2) is 0 Å². The van der Waals surface area contributed by atoms with Gasteiger partial charge in [-0.1, -0.05) is 55.1 Å². The largest absolute Gasteiger partial charge is 0.460 e. The lowest BCUT2D eigenvalue weighted by atomic mass is 9.90. The van der Waals surface area contributed by atoms with Gasteiger partial charge in [-0.05, 0) is 58.5 Å². The molecule has 3 rings (SSSR count). The smallest absolute Gasteiger partial charge is 0.396 e. The van der Waals surface area contributed by atoms with Crippen molar-refractivity contribution in [2.24, 2.45) is 0 Å². The van der Waals surface area contributed by atoms with Gasteiger partial charge in [0.05, 0.1) is 6.61 Å². The highest BCUT2D eigenvalue weighted by atomic mass is 32.2. The number of halogens is 4. The fourth-order valence-electron chi connectivity index (χ4n) is 3.76. The molecule has 0 aliphatic rings. The van der Waals surface area contributed by atoms with Crippen molar-refractivity contribution in [3.05, 3.63) is 83.9 Å². The summed E-state index contributed by atoms with van der Waals surface area (Å²) >= 11 is 0. The highest BCUT2D eigenvalue weighted by Crippen LogP contribution is 2.43. The third-order valence-corrected chi connectivity index (χ3v) is 8.30. The molecule has 8 nitrogen and oxygen atoms in total. The maximum absolute atomic E-state index is 14.0. The molecule has 218 valence electrons. The van der Waals surface area contributed by atoms with Gasteiger partial charge < -0.3 is 14.0 Å². The van der Waals surface area contributed by atoms with E-state index < -0.39 is 42.4 Å². The molecule has 2 N–H and O–H groups in total. The molecule has 40 heavy (non-hydrogen) atoms. The van der Waals surface area contributed by atoms with Gasteiger partial charge in [-0.3, -0.25) is 4.55 Å². The number of ether oxygens (including phenoxy) is 1. The molecule has 0 saturated heterocycles. The molecule has 14 heteroatoms. The molecule has 0 aliphatic heterocycles. The zero-order valence-electron chi connectivity index (χ0n) is 20.8. The number of fused-ring (bicyclic) bond motifs is 1. The van der Waals surface area contributed by atoms with Crippen molar-refractivity contribution in [2.45, 2.75) is 29.3 Å². The standard InChI is InChI=1S/C26H26F4O8S2/c1-2-18-5-6-21-16-22(8-7-20(21)15-18)24(17-37-14-4-3-13-31)19-9-11-23(12-10-19)38-40(35,36)26(29,30)25(27,28)39(32,33)34/h2,5-12,15-16,24,31H,1,3-4,13-14,17H2,(H,32,33,34). The van der Waals surface area contributed by atoms with Crippen molar-refractivity contribution in [3.63, 3.8) is 0 Å². The van der Waals surface area contributed by atoms with E-state index in [1.165, 1.54) is 12.1 Å². The molecule has 0 saturated carbocycles. The first-order valence-electron chi connectivity index (χ1n) is 11.8. The molecule has 0 aliphatic carbocycles. The Morgan fingerprint density at radius 2 is 1.45 bits per heavy atom. The molecule has 1 atom stereocenters. The van der Waals surface area contributed by atoms with Crippen molar-refractivity contribution < 1.29 is 53.0 Å². The lowest BCUT2D eigenvalue weighted by Crippen LogP contribution is -2.53. The number of rotatable bonds is 14. The summed E-state index contributed by atoms with van der Waals surface area (Å²) in [5, 5.41) is -1.85. The van der Waals surface area contributed by atoms with Crippen LogP contribution in [0.25, 0.3) is 16.8 Å². The van der Waals surface area contributed by atoms with Crippen LogP contribution in [0.3, 0.4) is 0 Å².